The smallest absolute Gasteiger partial charge is 0.262 e. The lowest BCUT2D eigenvalue weighted by Gasteiger charge is -2.26. The van der Waals surface area contributed by atoms with Crippen LogP contribution in [0.2, 0.25) is 10.0 Å². The molecule has 1 aliphatic rings. The Balaban J connectivity index is 1.86. The summed E-state index contributed by atoms with van der Waals surface area (Å²) in [7, 11) is 3.99. The molecule has 1 aliphatic heterocycles. The minimum absolute atomic E-state index is 0.106. The average molecular weight is 436 g/mol. The van der Waals surface area contributed by atoms with Crippen molar-refractivity contribution in [3.63, 3.8) is 0 Å². The third-order valence-corrected chi connectivity index (χ3v) is 5.28. The fourth-order valence-electron chi connectivity index (χ4n) is 3.14. The average Bonchev–Trinajstić information content (AvgIpc) is 2.68. The van der Waals surface area contributed by atoms with Crippen LogP contribution in [0.5, 0.6) is 5.75 Å². The van der Waals surface area contributed by atoms with Gasteiger partial charge in [0.15, 0.2) is 12.4 Å². The van der Waals surface area contributed by atoms with Crippen LogP contribution in [-0.4, -0.2) is 55.4 Å². The van der Waals surface area contributed by atoms with Gasteiger partial charge in [-0.3, -0.25) is 9.59 Å². The molecule has 0 saturated heterocycles. The fourth-order valence-corrected chi connectivity index (χ4v) is 3.46. The first-order valence-corrected chi connectivity index (χ1v) is 10.0. The Morgan fingerprint density at radius 1 is 1.14 bits per heavy atom. The van der Waals surface area contributed by atoms with Gasteiger partial charge in [0.05, 0.1) is 21.3 Å². The number of ether oxygens (including phenoxy) is 1. The van der Waals surface area contributed by atoms with Crippen LogP contribution in [0.3, 0.4) is 0 Å². The van der Waals surface area contributed by atoms with Crippen LogP contribution < -0.4 is 10.1 Å². The largest absolute Gasteiger partial charge is 0.481 e. The predicted octanol–water partition coefficient (Wildman–Crippen LogP) is 3.92. The summed E-state index contributed by atoms with van der Waals surface area (Å²) in [6.07, 6.45) is 0.812. The highest BCUT2D eigenvalue weighted by Crippen LogP contribution is 2.33. The van der Waals surface area contributed by atoms with E-state index < -0.39 is 0 Å². The second kappa shape index (κ2) is 9.48. The second-order valence-corrected chi connectivity index (χ2v) is 7.97. The van der Waals surface area contributed by atoms with Gasteiger partial charge in [-0.05, 0) is 56.9 Å². The van der Waals surface area contributed by atoms with Crippen molar-refractivity contribution in [1.29, 1.82) is 0 Å². The van der Waals surface area contributed by atoms with Gasteiger partial charge in [-0.25, -0.2) is 0 Å². The maximum atomic E-state index is 13.4. The maximum absolute atomic E-state index is 13.4. The number of halogens is 2. The summed E-state index contributed by atoms with van der Waals surface area (Å²) in [5.41, 5.74) is 1.82. The lowest BCUT2D eigenvalue weighted by atomic mass is 10.1. The van der Waals surface area contributed by atoms with E-state index in [1.165, 1.54) is 0 Å². The Labute approximate surface area is 180 Å². The Bertz CT molecular complexity index is 918. The number of para-hydroxylation sites is 1. The number of amides is 2. The zero-order valence-electron chi connectivity index (χ0n) is 16.4. The number of carbonyl (C=O) groups is 2. The molecular weight excluding hydrogens is 413 g/mol. The lowest BCUT2D eigenvalue weighted by Crippen LogP contribution is -2.34. The molecule has 0 aromatic heterocycles. The molecule has 1 N–H and O–H groups in total. The van der Waals surface area contributed by atoms with Crippen LogP contribution in [-0.2, 0) is 11.3 Å². The quantitative estimate of drug-likeness (QED) is 0.715. The SMILES string of the molecule is CN(C)CCCN(Cc1ccc(Cl)c(Cl)c1)C(=O)c1cccc2c1OCC(=O)N2. The van der Waals surface area contributed by atoms with Crippen molar-refractivity contribution in [1.82, 2.24) is 9.80 Å². The van der Waals surface area contributed by atoms with Crippen molar-refractivity contribution in [3.05, 3.63) is 57.6 Å². The van der Waals surface area contributed by atoms with Gasteiger partial charge in [0.2, 0.25) is 0 Å². The number of benzene rings is 2. The van der Waals surface area contributed by atoms with Crippen LogP contribution in [0.15, 0.2) is 36.4 Å². The van der Waals surface area contributed by atoms with Crippen LogP contribution in [0.25, 0.3) is 0 Å². The maximum Gasteiger partial charge on any atom is 0.262 e. The van der Waals surface area contributed by atoms with Gasteiger partial charge in [-0.2, -0.15) is 0 Å². The van der Waals surface area contributed by atoms with Gasteiger partial charge in [-0.15, -0.1) is 0 Å². The summed E-state index contributed by atoms with van der Waals surface area (Å²) in [5, 5.41) is 3.67. The Morgan fingerprint density at radius 2 is 1.93 bits per heavy atom. The molecule has 0 spiro atoms. The minimum atomic E-state index is -0.235. The molecular formula is C21H23Cl2N3O3. The zero-order chi connectivity index (χ0) is 21.0. The molecule has 2 aromatic carbocycles. The van der Waals surface area contributed by atoms with E-state index >= 15 is 0 Å². The molecule has 0 saturated carbocycles. The number of rotatable bonds is 7. The monoisotopic (exact) mass is 435 g/mol. The topological polar surface area (TPSA) is 61.9 Å². The molecule has 0 radical (unpaired) electrons. The molecule has 0 aliphatic carbocycles. The summed E-state index contributed by atoms with van der Waals surface area (Å²) >= 11 is 12.2. The van der Waals surface area contributed by atoms with E-state index in [4.69, 9.17) is 27.9 Å². The molecule has 6 nitrogen and oxygen atoms in total. The molecule has 2 amide bonds. The van der Waals surface area contributed by atoms with E-state index in [9.17, 15) is 9.59 Å². The summed E-state index contributed by atoms with van der Waals surface area (Å²) in [5.74, 6) is 0.00687. The second-order valence-electron chi connectivity index (χ2n) is 7.15. The number of nitrogens with one attached hydrogen (secondary N) is 1. The van der Waals surface area contributed by atoms with Crippen LogP contribution >= 0.6 is 23.2 Å². The van der Waals surface area contributed by atoms with Crippen LogP contribution in [0.1, 0.15) is 22.3 Å². The summed E-state index contributed by atoms with van der Waals surface area (Å²) in [4.78, 5) is 28.8. The highest BCUT2D eigenvalue weighted by Gasteiger charge is 2.25. The molecule has 0 unspecified atom stereocenters. The van der Waals surface area contributed by atoms with Crippen molar-refractivity contribution >= 4 is 40.7 Å². The summed E-state index contributed by atoms with van der Waals surface area (Å²) in [6.45, 7) is 1.70. The molecule has 0 fully saturated rings. The number of carbonyl (C=O) groups excluding carboxylic acids is 2. The van der Waals surface area contributed by atoms with Gasteiger partial charge >= 0.3 is 0 Å². The third-order valence-electron chi connectivity index (χ3n) is 4.55. The van der Waals surface area contributed by atoms with Gasteiger partial charge < -0.3 is 19.9 Å². The zero-order valence-corrected chi connectivity index (χ0v) is 17.9. The van der Waals surface area contributed by atoms with Crippen molar-refractivity contribution in [2.24, 2.45) is 0 Å². The Kier molecular flexibility index (Phi) is 7.00. The fraction of sp³-hybridized carbons (Fsp3) is 0.333. The molecule has 3 rings (SSSR count). The van der Waals surface area contributed by atoms with E-state index in [0.29, 0.717) is 40.1 Å². The van der Waals surface area contributed by atoms with Gasteiger partial charge in [0, 0.05) is 13.1 Å². The van der Waals surface area contributed by atoms with Crippen molar-refractivity contribution in [3.8, 4) is 5.75 Å². The lowest BCUT2D eigenvalue weighted by molar-refractivity contribution is -0.118. The first kappa shape index (κ1) is 21.4. The first-order valence-electron chi connectivity index (χ1n) is 9.28. The van der Waals surface area contributed by atoms with Gasteiger partial charge in [0.25, 0.3) is 11.8 Å². The molecule has 8 heteroatoms. The third kappa shape index (κ3) is 5.41. The highest BCUT2D eigenvalue weighted by molar-refractivity contribution is 6.42. The van der Waals surface area contributed by atoms with E-state index in [1.54, 1.807) is 35.2 Å². The number of nitrogens with zero attached hydrogens (tertiary/aromatic N) is 2. The number of hydrogen-bond donors (Lipinski definition) is 1. The van der Waals surface area contributed by atoms with Crippen molar-refractivity contribution in [2.75, 3.05) is 39.1 Å². The number of hydrogen-bond acceptors (Lipinski definition) is 4. The molecule has 0 atom stereocenters. The number of fused-ring (bicyclic) bond motifs is 1. The van der Waals surface area contributed by atoms with E-state index in [-0.39, 0.29) is 18.4 Å². The van der Waals surface area contributed by atoms with E-state index in [2.05, 4.69) is 10.2 Å². The normalized spacial score (nSPS) is 12.9. The van der Waals surface area contributed by atoms with Crippen molar-refractivity contribution in [2.45, 2.75) is 13.0 Å². The Hall–Kier alpha value is -2.28. The standard InChI is InChI=1S/C21H23Cl2N3O3/c1-25(2)9-4-10-26(12-14-7-8-16(22)17(23)11-14)21(28)15-5-3-6-18-20(15)29-13-19(27)24-18/h3,5-8,11H,4,9-10,12-13H2,1-2H3,(H,24,27). The summed E-state index contributed by atoms with van der Waals surface area (Å²) < 4.78 is 5.56. The molecule has 1 heterocycles. The van der Waals surface area contributed by atoms with E-state index in [1.807, 2.05) is 20.2 Å². The van der Waals surface area contributed by atoms with Crippen LogP contribution in [0, 0.1) is 0 Å². The van der Waals surface area contributed by atoms with Gasteiger partial charge in [0.1, 0.15) is 0 Å². The summed E-state index contributed by atoms with van der Waals surface area (Å²) in [6, 6.07) is 10.5. The van der Waals surface area contributed by atoms with Crippen LogP contribution in [0.4, 0.5) is 5.69 Å². The van der Waals surface area contributed by atoms with Crippen molar-refractivity contribution < 1.29 is 14.3 Å². The molecule has 0 bridgehead atoms. The van der Waals surface area contributed by atoms with Gasteiger partial charge in [-0.1, -0.05) is 35.3 Å². The minimum Gasteiger partial charge on any atom is -0.481 e. The number of anilines is 1. The predicted molar refractivity (Wildman–Crippen MR) is 115 cm³/mol. The first-order chi connectivity index (χ1) is 13.8. The Morgan fingerprint density at radius 3 is 2.66 bits per heavy atom. The highest BCUT2D eigenvalue weighted by atomic mass is 35.5. The van der Waals surface area contributed by atoms with E-state index in [0.717, 1.165) is 18.5 Å². The molecule has 2 aromatic rings. The molecule has 29 heavy (non-hydrogen) atoms. The molecule has 154 valence electrons.